The summed E-state index contributed by atoms with van der Waals surface area (Å²) in [6.45, 7) is 0.348. The molecule has 0 aliphatic carbocycles. The smallest absolute Gasteiger partial charge is 0.243 e. The topological polar surface area (TPSA) is 54.5 Å². The highest BCUT2D eigenvalue weighted by molar-refractivity contribution is 7.89. The molecule has 1 aliphatic heterocycles. The second kappa shape index (κ2) is 4.76. The van der Waals surface area contributed by atoms with Crippen LogP contribution >= 0.6 is 11.6 Å². The molecule has 1 heterocycles. The Hall–Kier alpha value is -0.910. The van der Waals surface area contributed by atoms with Crippen LogP contribution in [0.1, 0.15) is 12.8 Å². The molecule has 0 aromatic heterocycles. The first-order valence-electron chi connectivity index (χ1n) is 5.30. The summed E-state index contributed by atoms with van der Waals surface area (Å²) in [5.41, 5.74) is 0. The molecule has 0 spiro atoms. The van der Waals surface area contributed by atoms with Crippen LogP contribution in [0.5, 0.6) is 0 Å². The highest BCUT2D eigenvalue weighted by Crippen LogP contribution is 2.27. The maximum atomic E-state index is 12.3. The third-order valence-corrected chi connectivity index (χ3v) is 4.99. The molecule has 0 saturated carbocycles. The molecule has 2 rings (SSSR count). The molecule has 4 nitrogen and oxygen atoms in total. The Bertz CT molecular complexity index is 515. The fourth-order valence-corrected chi connectivity index (χ4v) is 3.94. The van der Waals surface area contributed by atoms with Crippen LogP contribution < -0.4 is 0 Å². The minimum absolute atomic E-state index is 0.199. The molecule has 1 aromatic rings. The van der Waals surface area contributed by atoms with Gasteiger partial charge in [-0.3, -0.25) is 4.79 Å². The molecule has 17 heavy (non-hydrogen) atoms. The second-order valence-electron chi connectivity index (χ2n) is 3.89. The average molecular weight is 274 g/mol. The average Bonchev–Trinajstić information content (AvgIpc) is 2.80. The van der Waals surface area contributed by atoms with Crippen LogP contribution in [-0.4, -0.2) is 30.6 Å². The quantitative estimate of drug-likeness (QED) is 0.786. The summed E-state index contributed by atoms with van der Waals surface area (Å²) in [7, 11) is -3.60. The van der Waals surface area contributed by atoms with E-state index in [4.69, 9.17) is 11.6 Å². The number of sulfonamides is 1. The molecule has 92 valence electrons. The Morgan fingerprint density at radius 2 is 1.94 bits per heavy atom. The van der Waals surface area contributed by atoms with Crippen LogP contribution in [-0.2, 0) is 14.8 Å². The van der Waals surface area contributed by atoms with Gasteiger partial charge in [-0.15, -0.1) is 0 Å². The van der Waals surface area contributed by atoms with Crippen LogP contribution in [0.4, 0.5) is 0 Å². The summed E-state index contributed by atoms with van der Waals surface area (Å²) in [5, 5.41) is -0.609. The molecule has 1 aromatic carbocycles. The number of nitrogens with zero attached hydrogens (tertiary/aromatic N) is 1. The summed E-state index contributed by atoms with van der Waals surface area (Å²) >= 11 is 5.43. The summed E-state index contributed by atoms with van der Waals surface area (Å²) in [4.78, 5) is 11.4. The maximum Gasteiger partial charge on any atom is 0.243 e. The minimum atomic E-state index is -3.60. The van der Waals surface area contributed by atoms with E-state index in [0.717, 1.165) is 0 Å². The summed E-state index contributed by atoms with van der Waals surface area (Å²) in [6, 6.07) is 7.36. The third kappa shape index (κ3) is 2.36. The molecule has 1 atom stereocenters. The van der Waals surface area contributed by atoms with Crippen molar-refractivity contribution in [2.24, 2.45) is 0 Å². The van der Waals surface area contributed by atoms with Crippen LogP contribution in [0.25, 0.3) is 0 Å². The first-order chi connectivity index (χ1) is 8.03. The largest absolute Gasteiger partial charge is 0.279 e. The van der Waals surface area contributed by atoms with Gasteiger partial charge in [0, 0.05) is 6.54 Å². The van der Waals surface area contributed by atoms with Gasteiger partial charge in [-0.25, -0.2) is 8.42 Å². The van der Waals surface area contributed by atoms with Crippen molar-refractivity contribution in [2.45, 2.75) is 23.8 Å². The van der Waals surface area contributed by atoms with Crippen molar-refractivity contribution in [3.63, 3.8) is 0 Å². The van der Waals surface area contributed by atoms with Crippen molar-refractivity contribution < 1.29 is 13.2 Å². The lowest BCUT2D eigenvalue weighted by Gasteiger charge is -2.21. The molecule has 1 fully saturated rings. The van der Waals surface area contributed by atoms with E-state index in [1.165, 1.54) is 16.4 Å². The zero-order chi connectivity index (χ0) is 12.5. The van der Waals surface area contributed by atoms with E-state index >= 15 is 0 Å². The predicted molar refractivity (Wildman–Crippen MR) is 64.2 cm³/mol. The molecular weight excluding hydrogens is 262 g/mol. The normalized spacial score (nSPS) is 21.6. The van der Waals surface area contributed by atoms with Gasteiger partial charge < -0.3 is 0 Å². The summed E-state index contributed by atoms with van der Waals surface area (Å²) < 4.78 is 25.7. The molecule has 1 aliphatic rings. The molecule has 0 amide bonds. The van der Waals surface area contributed by atoms with E-state index < -0.39 is 21.3 Å². The highest BCUT2D eigenvalue weighted by Gasteiger charge is 2.38. The second-order valence-corrected chi connectivity index (χ2v) is 6.15. The van der Waals surface area contributed by atoms with Crippen molar-refractivity contribution in [3.05, 3.63) is 30.3 Å². The molecule has 6 heteroatoms. The Morgan fingerprint density at radius 1 is 1.29 bits per heavy atom. The van der Waals surface area contributed by atoms with E-state index in [2.05, 4.69) is 0 Å². The first-order valence-corrected chi connectivity index (χ1v) is 7.11. The number of rotatable bonds is 3. The van der Waals surface area contributed by atoms with E-state index in [0.29, 0.717) is 19.4 Å². The predicted octanol–water partition coefficient (Wildman–Crippen LogP) is 1.61. The van der Waals surface area contributed by atoms with E-state index in [1.807, 2.05) is 0 Å². The van der Waals surface area contributed by atoms with Crippen LogP contribution in [0, 0.1) is 0 Å². The third-order valence-electron chi connectivity index (χ3n) is 2.82. The van der Waals surface area contributed by atoms with Gasteiger partial charge in [0.1, 0.15) is 0 Å². The lowest BCUT2D eigenvalue weighted by molar-refractivity contribution is -0.114. The van der Waals surface area contributed by atoms with Gasteiger partial charge in [0.25, 0.3) is 0 Å². The molecule has 1 unspecified atom stereocenters. The molecule has 0 bridgehead atoms. The Balaban J connectivity index is 2.37. The summed E-state index contributed by atoms with van der Waals surface area (Å²) in [5.74, 6) is 0. The van der Waals surface area contributed by atoms with Crippen molar-refractivity contribution >= 4 is 26.9 Å². The van der Waals surface area contributed by atoms with Crippen molar-refractivity contribution in [1.29, 1.82) is 0 Å². The highest BCUT2D eigenvalue weighted by atomic mass is 35.5. The Labute approximate surface area is 105 Å². The van der Waals surface area contributed by atoms with Crippen molar-refractivity contribution in [2.75, 3.05) is 6.54 Å². The van der Waals surface area contributed by atoms with Crippen LogP contribution in [0.15, 0.2) is 35.2 Å². The summed E-state index contributed by atoms with van der Waals surface area (Å²) in [6.07, 6.45) is 1.16. The van der Waals surface area contributed by atoms with Crippen molar-refractivity contribution in [3.8, 4) is 0 Å². The van der Waals surface area contributed by atoms with Crippen LogP contribution in [0.2, 0.25) is 0 Å². The fourth-order valence-electron chi connectivity index (χ4n) is 1.98. The maximum absolute atomic E-state index is 12.3. The van der Waals surface area contributed by atoms with E-state index in [-0.39, 0.29) is 4.90 Å². The van der Waals surface area contributed by atoms with Gasteiger partial charge in [0.2, 0.25) is 15.3 Å². The number of carbonyl (C=O) groups is 1. The van der Waals surface area contributed by atoms with Gasteiger partial charge in [-0.2, -0.15) is 4.31 Å². The molecule has 0 radical (unpaired) electrons. The van der Waals surface area contributed by atoms with Gasteiger partial charge in [-0.1, -0.05) is 18.2 Å². The monoisotopic (exact) mass is 273 g/mol. The Kier molecular flexibility index (Phi) is 3.51. The number of hydrogen-bond donors (Lipinski definition) is 0. The molecular formula is C11H12ClNO3S. The van der Waals surface area contributed by atoms with E-state index in [1.54, 1.807) is 18.2 Å². The molecule has 0 N–H and O–H groups in total. The van der Waals surface area contributed by atoms with Gasteiger partial charge >= 0.3 is 0 Å². The van der Waals surface area contributed by atoms with E-state index in [9.17, 15) is 13.2 Å². The number of hydrogen-bond acceptors (Lipinski definition) is 3. The lowest BCUT2D eigenvalue weighted by atomic mass is 10.2. The lowest BCUT2D eigenvalue weighted by Crippen LogP contribution is -2.38. The zero-order valence-electron chi connectivity index (χ0n) is 9.04. The Morgan fingerprint density at radius 3 is 2.53 bits per heavy atom. The number of halogens is 1. The minimum Gasteiger partial charge on any atom is -0.279 e. The number of carbonyl (C=O) groups excluding carboxylic acids is 1. The fraction of sp³-hybridized carbons (Fsp3) is 0.364. The van der Waals surface area contributed by atoms with Gasteiger partial charge in [-0.05, 0) is 36.6 Å². The van der Waals surface area contributed by atoms with Gasteiger partial charge in [0.05, 0.1) is 10.9 Å². The SMILES string of the molecule is O=C(Cl)C1CCCN1S(=O)(=O)c1ccccc1. The van der Waals surface area contributed by atoms with Crippen LogP contribution in [0.3, 0.4) is 0 Å². The van der Waals surface area contributed by atoms with Gasteiger partial charge in [0.15, 0.2) is 0 Å². The zero-order valence-corrected chi connectivity index (χ0v) is 10.6. The molecule has 1 saturated heterocycles. The first kappa shape index (κ1) is 12.5. The van der Waals surface area contributed by atoms with Crippen molar-refractivity contribution in [1.82, 2.24) is 4.31 Å². The number of benzene rings is 1. The standard InChI is InChI=1S/C11H12ClNO3S/c12-11(14)10-7-4-8-13(10)17(15,16)9-5-2-1-3-6-9/h1-3,5-6,10H,4,7-8H2.